The smallest absolute Gasteiger partial charge is 0.378 e. The number of carbonyl (C=O) groups is 1. The van der Waals surface area contributed by atoms with E-state index in [2.05, 4.69) is 0 Å². The van der Waals surface area contributed by atoms with Crippen LogP contribution in [0.25, 0.3) is 11.1 Å². The third-order valence-corrected chi connectivity index (χ3v) is 4.12. The average Bonchev–Trinajstić information content (AvgIpc) is 2.61. The summed E-state index contributed by atoms with van der Waals surface area (Å²) in [6.07, 6.45) is -4.49. The Bertz CT molecular complexity index is 784. The van der Waals surface area contributed by atoms with Crippen LogP contribution in [-0.4, -0.2) is 32.2 Å². The first-order valence-corrected chi connectivity index (χ1v) is 7.80. The van der Waals surface area contributed by atoms with Gasteiger partial charge in [0.2, 0.25) is 5.91 Å². The zero-order valence-corrected chi connectivity index (χ0v) is 13.3. The second kappa shape index (κ2) is 6.76. The fraction of sp³-hybridized carbons (Fsp3) is 0.278. The molecular formula is C18H17F3N2O2. The fourth-order valence-corrected chi connectivity index (χ4v) is 2.88. The maximum absolute atomic E-state index is 13.4. The van der Waals surface area contributed by atoms with Crippen molar-refractivity contribution < 1.29 is 22.7 Å². The van der Waals surface area contributed by atoms with Crippen molar-refractivity contribution in [3.63, 3.8) is 0 Å². The zero-order chi connectivity index (χ0) is 18.0. The standard InChI is InChI=1S/C18H17F3N2O2/c19-18(20,21)13-9-12(15-3-1-2-4-16(15)17(22)24)10-14(11-13)23-5-7-25-8-6-23/h1-4,9-11H,5-8H2,(H2,22,24). The van der Waals surface area contributed by atoms with Crippen molar-refractivity contribution in [2.24, 2.45) is 5.73 Å². The van der Waals surface area contributed by atoms with Gasteiger partial charge in [0.05, 0.1) is 18.8 Å². The lowest BCUT2D eigenvalue weighted by Gasteiger charge is -2.30. The van der Waals surface area contributed by atoms with Crippen molar-refractivity contribution in [3.05, 3.63) is 53.6 Å². The normalized spacial score (nSPS) is 15.2. The number of amides is 1. The van der Waals surface area contributed by atoms with Gasteiger partial charge in [-0.15, -0.1) is 0 Å². The van der Waals surface area contributed by atoms with Crippen molar-refractivity contribution in [3.8, 4) is 11.1 Å². The number of rotatable bonds is 3. The summed E-state index contributed by atoms with van der Waals surface area (Å²) in [7, 11) is 0. The number of halogens is 3. The molecule has 0 atom stereocenters. The van der Waals surface area contributed by atoms with Crippen LogP contribution in [0.2, 0.25) is 0 Å². The molecule has 1 saturated heterocycles. The molecule has 0 bridgehead atoms. The van der Waals surface area contributed by atoms with Gasteiger partial charge in [-0.1, -0.05) is 18.2 Å². The van der Waals surface area contributed by atoms with E-state index in [1.807, 2.05) is 4.90 Å². The number of morpholine rings is 1. The average molecular weight is 350 g/mol. The molecule has 1 aliphatic heterocycles. The minimum Gasteiger partial charge on any atom is -0.378 e. The Morgan fingerprint density at radius 3 is 2.40 bits per heavy atom. The fourth-order valence-electron chi connectivity index (χ4n) is 2.88. The summed E-state index contributed by atoms with van der Waals surface area (Å²) in [5, 5.41) is 0. The molecule has 0 aliphatic carbocycles. The van der Waals surface area contributed by atoms with E-state index in [-0.39, 0.29) is 5.56 Å². The molecule has 0 aromatic heterocycles. The van der Waals surface area contributed by atoms with E-state index in [4.69, 9.17) is 10.5 Å². The number of hydrogen-bond acceptors (Lipinski definition) is 3. The van der Waals surface area contributed by atoms with Crippen LogP contribution in [0.3, 0.4) is 0 Å². The zero-order valence-electron chi connectivity index (χ0n) is 13.3. The first-order chi connectivity index (χ1) is 11.9. The molecular weight excluding hydrogens is 333 g/mol. The Morgan fingerprint density at radius 2 is 1.76 bits per heavy atom. The highest BCUT2D eigenvalue weighted by Crippen LogP contribution is 2.37. The predicted octanol–water partition coefficient (Wildman–Crippen LogP) is 3.31. The quantitative estimate of drug-likeness (QED) is 0.924. The molecule has 0 saturated carbocycles. The van der Waals surface area contributed by atoms with E-state index in [0.717, 1.165) is 12.1 Å². The summed E-state index contributed by atoms with van der Waals surface area (Å²) in [4.78, 5) is 13.5. The summed E-state index contributed by atoms with van der Waals surface area (Å²) in [6, 6.07) is 10.2. The van der Waals surface area contributed by atoms with Gasteiger partial charge in [-0.3, -0.25) is 4.79 Å². The Kier molecular flexibility index (Phi) is 4.67. The van der Waals surface area contributed by atoms with Crippen LogP contribution in [0.5, 0.6) is 0 Å². The molecule has 2 N–H and O–H groups in total. The molecule has 7 heteroatoms. The highest BCUT2D eigenvalue weighted by molar-refractivity contribution is 6.00. The minimum absolute atomic E-state index is 0.190. The van der Waals surface area contributed by atoms with Gasteiger partial charge in [-0.25, -0.2) is 0 Å². The molecule has 1 amide bonds. The lowest BCUT2D eigenvalue weighted by molar-refractivity contribution is -0.137. The van der Waals surface area contributed by atoms with Gasteiger partial charge in [0.15, 0.2) is 0 Å². The number of benzene rings is 2. The molecule has 4 nitrogen and oxygen atoms in total. The van der Waals surface area contributed by atoms with Crippen molar-refractivity contribution in [2.45, 2.75) is 6.18 Å². The Labute approximate surface area is 143 Å². The largest absolute Gasteiger partial charge is 0.416 e. The highest BCUT2D eigenvalue weighted by atomic mass is 19.4. The van der Waals surface area contributed by atoms with Gasteiger partial charge in [0.25, 0.3) is 0 Å². The minimum atomic E-state index is -4.49. The van der Waals surface area contributed by atoms with E-state index in [0.29, 0.717) is 43.1 Å². The van der Waals surface area contributed by atoms with Gasteiger partial charge in [-0.2, -0.15) is 13.2 Å². The molecule has 1 heterocycles. The molecule has 3 rings (SSSR count). The first kappa shape index (κ1) is 17.3. The number of alkyl halides is 3. The Morgan fingerprint density at radius 1 is 1.08 bits per heavy atom. The number of carbonyl (C=O) groups excluding carboxylic acids is 1. The number of ether oxygens (including phenoxy) is 1. The lowest BCUT2D eigenvalue weighted by Crippen LogP contribution is -2.36. The molecule has 1 aliphatic rings. The highest BCUT2D eigenvalue weighted by Gasteiger charge is 2.32. The summed E-state index contributed by atoms with van der Waals surface area (Å²) < 4.78 is 45.3. The number of nitrogens with zero attached hydrogens (tertiary/aromatic N) is 1. The van der Waals surface area contributed by atoms with Crippen LogP contribution >= 0.6 is 0 Å². The summed E-state index contributed by atoms with van der Waals surface area (Å²) >= 11 is 0. The molecule has 2 aromatic carbocycles. The van der Waals surface area contributed by atoms with Crippen molar-refractivity contribution >= 4 is 11.6 Å². The molecule has 0 radical (unpaired) electrons. The monoisotopic (exact) mass is 350 g/mol. The number of primary amides is 1. The van der Waals surface area contributed by atoms with E-state index in [1.54, 1.807) is 24.3 Å². The third-order valence-electron chi connectivity index (χ3n) is 4.12. The maximum atomic E-state index is 13.4. The number of hydrogen-bond donors (Lipinski definition) is 1. The number of nitrogens with two attached hydrogens (primary N) is 1. The molecule has 25 heavy (non-hydrogen) atoms. The van der Waals surface area contributed by atoms with E-state index >= 15 is 0 Å². The molecule has 2 aromatic rings. The van der Waals surface area contributed by atoms with Crippen LogP contribution in [0.1, 0.15) is 15.9 Å². The molecule has 0 spiro atoms. The molecule has 132 valence electrons. The Balaban J connectivity index is 2.14. The number of anilines is 1. The SMILES string of the molecule is NC(=O)c1ccccc1-c1cc(N2CCOCC2)cc(C(F)(F)F)c1. The van der Waals surface area contributed by atoms with E-state index < -0.39 is 17.6 Å². The second-order valence-corrected chi connectivity index (χ2v) is 5.78. The molecule has 1 fully saturated rings. The summed E-state index contributed by atoms with van der Waals surface area (Å²) in [5.74, 6) is -0.680. The predicted molar refractivity (Wildman–Crippen MR) is 88.4 cm³/mol. The van der Waals surface area contributed by atoms with Gasteiger partial charge in [-0.05, 0) is 35.4 Å². The maximum Gasteiger partial charge on any atom is 0.416 e. The third kappa shape index (κ3) is 3.76. The molecule has 0 unspecified atom stereocenters. The van der Waals surface area contributed by atoms with Crippen LogP contribution in [0, 0.1) is 0 Å². The lowest BCUT2D eigenvalue weighted by atomic mass is 9.96. The van der Waals surface area contributed by atoms with Gasteiger partial charge in [0.1, 0.15) is 0 Å². The van der Waals surface area contributed by atoms with E-state index in [9.17, 15) is 18.0 Å². The van der Waals surface area contributed by atoms with Crippen LogP contribution in [-0.2, 0) is 10.9 Å². The van der Waals surface area contributed by atoms with Crippen LogP contribution in [0.4, 0.5) is 18.9 Å². The van der Waals surface area contributed by atoms with Crippen molar-refractivity contribution in [2.75, 3.05) is 31.2 Å². The van der Waals surface area contributed by atoms with Crippen LogP contribution < -0.4 is 10.6 Å². The topological polar surface area (TPSA) is 55.6 Å². The van der Waals surface area contributed by atoms with Gasteiger partial charge >= 0.3 is 6.18 Å². The first-order valence-electron chi connectivity index (χ1n) is 7.80. The van der Waals surface area contributed by atoms with Crippen LogP contribution in [0.15, 0.2) is 42.5 Å². The second-order valence-electron chi connectivity index (χ2n) is 5.78. The van der Waals surface area contributed by atoms with E-state index in [1.165, 1.54) is 6.07 Å². The summed E-state index contributed by atoms with van der Waals surface area (Å²) in [5.41, 5.74) is 5.95. The summed E-state index contributed by atoms with van der Waals surface area (Å²) in [6.45, 7) is 1.95. The van der Waals surface area contributed by atoms with Crippen molar-refractivity contribution in [1.29, 1.82) is 0 Å². The van der Waals surface area contributed by atoms with Gasteiger partial charge in [0, 0.05) is 24.3 Å². The van der Waals surface area contributed by atoms with Crippen molar-refractivity contribution in [1.82, 2.24) is 0 Å². The van der Waals surface area contributed by atoms with Gasteiger partial charge < -0.3 is 15.4 Å². The Hall–Kier alpha value is -2.54.